The maximum Gasteiger partial charge on any atom is 0.338 e. The topological polar surface area (TPSA) is 117 Å². The lowest BCUT2D eigenvalue weighted by molar-refractivity contribution is -0.121. The summed E-state index contributed by atoms with van der Waals surface area (Å²) in [6.07, 6.45) is 6.14. The van der Waals surface area contributed by atoms with E-state index in [2.05, 4.69) is 6.07 Å². The highest BCUT2D eigenvalue weighted by Gasteiger charge is 2.41. The van der Waals surface area contributed by atoms with Gasteiger partial charge in [0.05, 0.1) is 22.1 Å². The minimum Gasteiger partial charge on any atom is -0.454 e. The van der Waals surface area contributed by atoms with Gasteiger partial charge in [0.1, 0.15) is 11.1 Å². The number of hydrogen-bond donors (Lipinski definition) is 0. The fraction of sp³-hybridized carbons (Fsp3) is 0.312. The zero-order chi connectivity index (χ0) is 28.9. The third-order valence-electron chi connectivity index (χ3n) is 7.31. The highest BCUT2D eigenvalue weighted by atomic mass is 32.2. The molecular formula is C32H29N3O5S. The zero-order valence-corrected chi connectivity index (χ0v) is 23.5. The summed E-state index contributed by atoms with van der Waals surface area (Å²) < 4.78 is 5.17. The Morgan fingerprint density at radius 1 is 1.00 bits per heavy atom. The number of rotatable bonds is 7. The molecule has 1 fully saturated rings. The van der Waals surface area contributed by atoms with E-state index < -0.39 is 23.7 Å². The van der Waals surface area contributed by atoms with Gasteiger partial charge in [-0.1, -0.05) is 54.4 Å². The van der Waals surface area contributed by atoms with E-state index in [-0.39, 0.29) is 23.7 Å². The van der Waals surface area contributed by atoms with Crippen LogP contribution in [0.2, 0.25) is 0 Å². The summed E-state index contributed by atoms with van der Waals surface area (Å²) in [6, 6.07) is 17.0. The Balaban J connectivity index is 1.24. The molecule has 0 saturated carbocycles. The number of esters is 1. The second-order valence-corrected chi connectivity index (χ2v) is 11.5. The first-order chi connectivity index (χ1) is 19.8. The molecule has 2 aliphatic rings. The molecule has 2 heterocycles. The third kappa shape index (κ3) is 6.39. The summed E-state index contributed by atoms with van der Waals surface area (Å²) in [5.74, 6) is -1.75. The number of ketones is 1. The standard InChI is InChI=1S/C32H29N3O5S/c1-20-8-10-21(11-9-20)27(36)19-40-32(39)22-12-14-25(15-13-22)35-29(37)17-28(31(35)38)41-30-24(18-33)16-23-6-4-2-3-5-7-26(23)34-30/h8-16,28H,2-7,17,19H2,1H3. The molecule has 2 aromatic carbocycles. The van der Waals surface area contributed by atoms with Crippen molar-refractivity contribution < 1.29 is 23.9 Å². The van der Waals surface area contributed by atoms with Crippen LogP contribution in [0.3, 0.4) is 0 Å². The number of carbonyl (C=O) groups excluding carboxylic acids is 4. The SMILES string of the molecule is Cc1ccc(C(=O)COC(=O)c2ccc(N3C(=O)CC(Sc4nc5c(cc4C#N)CCCCCC5)C3=O)cc2)cc1. The second kappa shape index (κ2) is 12.5. The first-order valence-electron chi connectivity index (χ1n) is 13.7. The predicted molar refractivity (Wildman–Crippen MR) is 154 cm³/mol. The maximum absolute atomic E-state index is 13.3. The van der Waals surface area contributed by atoms with Crippen LogP contribution in [0.25, 0.3) is 0 Å². The van der Waals surface area contributed by atoms with Gasteiger partial charge in [-0.15, -0.1) is 0 Å². The molecule has 1 aliphatic carbocycles. The normalized spacial score (nSPS) is 16.9. The van der Waals surface area contributed by atoms with Crippen molar-refractivity contribution in [2.45, 2.75) is 62.1 Å². The molecule has 8 nitrogen and oxygen atoms in total. The van der Waals surface area contributed by atoms with Crippen molar-refractivity contribution in [2.75, 3.05) is 11.5 Å². The Morgan fingerprint density at radius 2 is 1.68 bits per heavy atom. The van der Waals surface area contributed by atoms with Gasteiger partial charge in [-0.3, -0.25) is 14.4 Å². The van der Waals surface area contributed by atoms with E-state index in [1.165, 1.54) is 30.7 Å². The molecule has 3 aromatic rings. The van der Waals surface area contributed by atoms with Gasteiger partial charge in [-0.25, -0.2) is 14.7 Å². The lowest BCUT2D eigenvalue weighted by atomic mass is 9.96. The van der Waals surface area contributed by atoms with E-state index in [1.807, 2.05) is 25.1 Å². The smallest absolute Gasteiger partial charge is 0.338 e. The van der Waals surface area contributed by atoms with Gasteiger partial charge in [-0.2, -0.15) is 5.26 Å². The van der Waals surface area contributed by atoms with Crippen molar-refractivity contribution in [2.24, 2.45) is 0 Å². The van der Waals surface area contributed by atoms with Gasteiger partial charge < -0.3 is 4.74 Å². The molecule has 0 bridgehead atoms. The summed E-state index contributed by atoms with van der Waals surface area (Å²) in [5.41, 5.74) is 4.50. The molecular weight excluding hydrogens is 538 g/mol. The summed E-state index contributed by atoms with van der Waals surface area (Å²) in [7, 11) is 0. The van der Waals surface area contributed by atoms with Crippen molar-refractivity contribution in [3.63, 3.8) is 0 Å². The van der Waals surface area contributed by atoms with E-state index in [9.17, 15) is 24.4 Å². The lowest BCUT2D eigenvalue weighted by Gasteiger charge is -2.17. The molecule has 0 N–H and O–H groups in total. The minimum absolute atomic E-state index is 0.0158. The number of imide groups is 1. The number of Topliss-reactive ketones (excluding diaryl/α,β-unsaturated/α-hetero) is 1. The molecule has 0 spiro atoms. The Kier molecular flexibility index (Phi) is 8.60. The molecule has 1 saturated heterocycles. The first kappa shape index (κ1) is 28.2. The number of hydrogen-bond acceptors (Lipinski definition) is 8. The number of nitriles is 1. The average molecular weight is 568 g/mol. The third-order valence-corrected chi connectivity index (χ3v) is 8.50. The Bertz CT molecular complexity index is 1540. The Labute approximate surface area is 242 Å². The van der Waals surface area contributed by atoms with Gasteiger partial charge in [-0.05, 0) is 68.5 Å². The first-order valence-corrected chi connectivity index (χ1v) is 14.6. The second-order valence-electron chi connectivity index (χ2n) is 10.3. The molecule has 9 heteroatoms. The zero-order valence-electron chi connectivity index (χ0n) is 22.7. The number of anilines is 1. The molecule has 5 rings (SSSR count). The number of pyridine rings is 1. The van der Waals surface area contributed by atoms with Crippen LogP contribution in [0, 0.1) is 18.3 Å². The van der Waals surface area contributed by atoms with Crippen LogP contribution in [0.4, 0.5) is 5.69 Å². The summed E-state index contributed by atoms with van der Waals surface area (Å²) in [6.45, 7) is 1.52. The fourth-order valence-corrected chi connectivity index (χ4v) is 6.12. The van der Waals surface area contributed by atoms with Crippen molar-refractivity contribution >= 4 is 41.0 Å². The quantitative estimate of drug-likeness (QED) is 0.212. The van der Waals surface area contributed by atoms with Crippen molar-refractivity contribution in [3.05, 3.63) is 88.1 Å². The van der Waals surface area contributed by atoms with Crippen LogP contribution in [0.15, 0.2) is 59.6 Å². The molecule has 2 amide bonds. The lowest BCUT2D eigenvalue weighted by Crippen LogP contribution is -2.31. The van der Waals surface area contributed by atoms with Crippen LogP contribution < -0.4 is 4.90 Å². The van der Waals surface area contributed by atoms with Crippen LogP contribution in [-0.2, 0) is 27.2 Å². The van der Waals surface area contributed by atoms with E-state index in [1.54, 1.807) is 12.1 Å². The molecule has 41 heavy (non-hydrogen) atoms. The fourth-order valence-electron chi connectivity index (χ4n) is 5.02. The molecule has 1 aliphatic heterocycles. The average Bonchev–Trinajstić information content (AvgIpc) is 3.24. The molecule has 1 unspecified atom stereocenters. The number of aryl methyl sites for hydroxylation is 3. The largest absolute Gasteiger partial charge is 0.454 e. The number of benzene rings is 2. The van der Waals surface area contributed by atoms with Gasteiger partial charge >= 0.3 is 5.97 Å². The summed E-state index contributed by atoms with van der Waals surface area (Å²) >= 11 is 1.16. The summed E-state index contributed by atoms with van der Waals surface area (Å²) in [5, 5.41) is 9.53. The van der Waals surface area contributed by atoms with Gasteiger partial charge in [0.25, 0.3) is 0 Å². The van der Waals surface area contributed by atoms with Gasteiger partial charge in [0.2, 0.25) is 11.8 Å². The highest BCUT2D eigenvalue weighted by Crippen LogP contribution is 2.36. The predicted octanol–water partition coefficient (Wildman–Crippen LogP) is 5.38. The number of carbonyl (C=O) groups is 4. The number of nitrogens with zero attached hydrogens (tertiary/aromatic N) is 3. The molecule has 1 aromatic heterocycles. The molecule has 0 radical (unpaired) electrons. The summed E-state index contributed by atoms with van der Waals surface area (Å²) in [4.78, 5) is 56.9. The number of thioether (sulfide) groups is 1. The number of ether oxygens (including phenoxy) is 1. The monoisotopic (exact) mass is 567 g/mol. The molecule has 1 atom stereocenters. The van der Waals surface area contributed by atoms with Crippen LogP contribution in [0.5, 0.6) is 0 Å². The van der Waals surface area contributed by atoms with Crippen molar-refractivity contribution in [1.29, 1.82) is 5.26 Å². The van der Waals surface area contributed by atoms with Gasteiger partial charge in [0, 0.05) is 17.7 Å². The highest BCUT2D eigenvalue weighted by molar-refractivity contribution is 8.00. The number of amides is 2. The minimum atomic E-state index is -0.703. The molecule has 208 valence electrons. The van der Waals surface area contributed by atoms with Crippen LogP contribution in [0.1, 0.15) is 75.2 Å². The van der Waals surface area contributed by atoms with E-state index in [0.29, 0.717) is 21.8 Å². The van der Waals surface area contributed by atoms with E-state index in [4.69, 9.17) is 9.72 Å². The van der Waals surface area contributed by atoms with E-state index in [0.717, 1.165) is 65.6 Å². The number of fused-ring (bicyclic) bond motifs is 1. The van der Waals surface area contributed by atoms with Crippen LogP contribution in [-0.4, -0.2) is 40.4 Å². The van der Waals surface area contributed by atoms with E-state index >= 15 is 0 Å². The van der Waals surface area contributed by atoms with Crippen LogP contribution >= 0.6 is 11.8 Å². The number of aromatic nitrogens is 1. The Hall–Kier alpha value is -4.29. The van der Waals surface area contributed by atoms with Gasteiger partial charge in [0.15, 0.2) is 12.4 Å². The van der Waals surface area contributed by atoms with Crippen molar-refractivity contribution in [3.8, 4) is 6.07 Å². The Morgan fingerprint density at radius 3 is 2.39 bits per heavy atom. The maximum atomic E-state index is 13.3. The van der Waals surface area contributed by atoms with Crippen molar-refractivity contribution in [1.82, 2.24) is 4.98 Å².